The first-order chi connectivity index (χ1) is 9.95. The maximum atomic E-state index is 12.3. The van der Waals surface area contributed by atoms with Crippen molar-refractivity contribution in [1.29, 1.82) is 0 Å². The molecule has 7 heteroatoms. The van der Waals surface area contributed by atoms with Crippen molar-refractivity contribution >= 4 is 17.7 Å². The summed E-state index contributed by atoms with van der Waals surface area (Å²) in [5, 5.41) is 11.7. The summed E-state index contributed by atoms with van der Waals surface area (Å²) in [6.07, 6.45) is 1.37. The number of carbonyl (C=O) groups excluding carboxylic acids is 1. The summed E-state index contributed by atoms with van der Waals surface area (Å²) in [7, 11) is 1.56. The molecule has 0 atom stereocenters. The Hall–Kier alpha value is -2.15. The molecule has 2 N–H and O–H groups in total. The van der Waals surface area contributed by atoms with E-state index in [1.54, 1.807) is 18.1 Å². The molecule has 1 aromatic heterocycles. The van der Waals surface area contributed by atoms with Gasteiger partial charge in [-0.15, -0.1) is 0 Å². The second-order valence-electron chi connectivity index (χ2n) is 4.97. The fraction of sp³-hybridized carbons (Fsp3) is 0.500. The molecular formula is C14H21N3O4. The Balaban J connectivity index is 2.83. The zero-order valence-electron chi connectivity index (χ0n) is 12.5. The van der Waals surface area contributed by atoms with E-state index < -0.39 is 5.97 Å². The van der Waals surface area contributed by atoms with E-state index in [2.05, 4.69) is 10.3 Å². The molecule has 21 heavy (non-hydrogen) atoms. The van der Waals surface area contributed by atoms with Gasteiger partial charge in [0, 0.05) is 26.4 Å². The Morgan fingerprint density at radius 2 is 2.19 bits per heavy atom. The number of carboxylic acid groups (broad SMARTS) is 1. The van der Waals surface area contributed by atoms with Gasteiger partial charge in [-0.25, -0.2) is 14.6 Å². The highest BCUT2D eigenvalue weighted by Crippen LogP contribution is 2.13. The van der Waals surface area contributed by atoms with Gasteiger partial charge in [-0.3, -0.25) is 0 Å². The zero-order valence-corrected chi connectivity index (χ0v) is 12.5. The summed E-state index contributed by atoms with van der Waals surface area (Å²) < 4.78 is 4.99. The van der Waals surface area contributed by atoms with Gasteiger partial charge >= 0.3 is 12.0 Å². The van der Waals surface area contributed by atoms with E-state index in [1.807, 2.05) is 13.8 Å². The SMILES string of the molecule is COCCN(CC(C)C)C(=O)Nc1cccnc1C(=O)O. The van der Waals surface area contributed by atoms with Crippen LogP contribution in [0.3, 0.4) is 0 Å². The number of hydrogen-bond acceptors (Lipinski definition) is 4. The van der Waals surface area contributed by atoms with E-state index >= 15 is 0 Å². The summed E-state index contributed by atoms with van der Waals surface area (Å²) in [6, 6.07) is 2.72. The van der Waals surface area contributed by atoms with Gasteiger partial charge in [0.25, 0.3) is 0 Å². The van der Waals surface area contributed by atoms with Crippen LogP contribution in [0.4, 0.5) is 10.5 Å². The third-order valence-electron chi connectivity index (χ3n) is 2.69. The van der Waals surface area contributed by atoms with Crippen molar-refractivity contribution in [3.63, 3.8) is 0 Å². The lowest BCUT2D eigenvalue weighted by Gasteiger charge is -2.24. The van der Waals surface area contributed by atoms with E-state index in [4.69, 9.17) is 9.84 Å². The minimum Gasteiger partial charge on any atom is -0.476 e. The second-order valence-corrected chi connectivity index (χ2v) is 4.97. The minimum absolute atomic E-state index is 0.179. The molecule has 1 aromatic rings. The molecule has 0 unspecified atom stereocenters. The highest BCUT2D eigenvalue weighted by molar-refractivity contribution is 5.98. The summed E-state index contributed by atoms with van der Waals surface area (Å²) in [4.78, 5) is 28.7. The lowest BCUT2D eigenvalue weighted by Crippen LogP contribution is -2.40. The number of ether oxygens (including phenoxy) is 1. The number of pyridine rings is 1. The van der Waals surface area contributed by atoms with E-state index in [0.717, 1.165) is 0 Å². The van der Waals surface area contributed by atoms with E-state index in [0.29, 0.717) is 25.6 Å². The van der Waals surface area contributed by atoms with Gasteiger partial charge in [-0.05, 0) is 18.1 Å². The number of nitrogens with zero attached hydrogens (tertiary/aromatic N) is 2. The van der Waals surface area contributed by atoms with Crippen LogP contribution in [-0.2, 0) is 4.74 Å². The van der Waals surface area contributed by atoms with Crippen LogP contribution in [0.15, 0.2) is 18.3 Å². The Labute approximate surface area is 123 Å². The Bertz CT molecular complexity index is 491. The number of amides is 2. The van der Waals surface area contributed by atoms with Crippen LogP contribution < -0.4 is 5.32 Å². The molecule has 116 valence electrons. The molecule has 0 saturated heterocycles. The molecule has 0 bridgehead atoms. The van der Waals surface area contributed by atoms with E-state index in [-0.39, 0.29) is 17.4 Å². The average Bonchev–Trinajstić information content (AvgIpc) is 2.43. The smallest absolute Gasteiger partial charge is 0.356 e. The Morgan fingerprint density at radius 1 is 1.48 bits per heavy atom. The van der Waals surface area contributed by atoms with Crippen LogP contribution in [0.1, 0.15) is 24.3 Å². The topological polar surface area (TPSA) is 91.8 Å². The van der Waals surface area contributed by atoms with Crippen molar-refractivity contribution in [3.05, 3.63) is 24.0 Å². The van der Waals surface area contributed by atoms with Crippen LogP contribution in [0.2, 0.25) is 0 Å². The minimum atomic E-state index is -1.18. The molecule has 0 fully saturated rings. The average molecular weight is 295 g/mol. The molecule has 0 spiro atoms. The van der Waals surface area contributed by atoms with E-state index in [9.17, 15) is 9.59 Å². The number of nitrogens with one attached hydrogen (secondary N) is 1. The lowest BCUT2D eigenvalue weighted by atomic mass is 10.2. The molecule has 0 aliphatic carbocycles. The number of methoxy groups -OCH3 is 1. The fourth-order valence-electron chi connectivity index (χ4n) is 1.79. The largest absolute Gasteiger partial charge is 0.476 e. The predicted octanol–water partition coefficient (Wildman–Crippen LogP) is 1.92. The van der Waals surface area contributed by atoms with Gasteiger partial charge in [0.2, 0.25) is 0 Å². The molecular weight excluding hydrogens is 274 g/mol. The van der Waals surface area contributed by atoms with Gasteiger partial charge in [-0.1, -0.05) is 13.8 Å². The highest BCUT2D eigenvalue weighted by atomic mass is 16.5. The maximum Gasteiger partial charge on any atom is 0.356 e. The summed E-state index contributed by atoms with van der Waals surface area (Å²) in [5.74, 6) is -0.890. The number of rotatable bonds is 7. The molecule has 0 aliphatic rings. The number of aromatic carboxylic acids is 1. The van der Waals surface area contributed by atoms with Crippen molar-refractivity contribution in [1.82, 2.24) is 9.88 Å². The molecule has 1 heterocycles. The number of hydrogen-bond donors (Lipinski definition) is 2. The predicted molar refractivity (Wildman–Crippen MR) is 78.5 cm³/mol. The van der Waals surface area contributed by atoms with Gasteiger partial charge in [0.15, 0.2) is 5.69 Å². The number of anilines is 1. The van der Waals surface area contributed by atoms with Gasteiger partial charge < -0.3 is 20.1 Å². The van der Waals surface area contributed by atoms with E-state index in [1.165, 1.54) is 12.3 Å². The fourth-order valence-corrected chi connectivity index (χ4v) is 1.79. The third kappa shape index (κ3) is 5.39. The summed E-state index contributed by atoms with van der Waals surface area (Å²) >= 11 is 0. The standard InChI is InChI=1S/C14H21N3O4/c1-10(2)9-17(7-8-21-3)14(20)16-11-5-4-6-15-12(11)13(18)19/h4-6,10H,7-9H2,1-3H3,(H,16,20)(H,18,19). The quantitative estimate of drug-likeness (QED) is 0.801. The maximum absolute atomic E-state index is 12.3. The normalized spacial score (nSPS) is 10.5. The first-order valence-electron chi connectivity index (χ1n) is 6.68. The van der Waals surface area contributed by atoms with Crippen molar-refractivity contribution < 1.29 is 19.4 Å². The Kier molecular flexibility index (Phi) is 6.61. The van der Waals surface area contributed by atoms with Crippen LogP contribution >= 0.6 is 0 Å². The molecule has 0 aliphatic heterocycles. The molecule has 1 rings (SSSR count). The van der Waals surface area contributed by atoms with Gasteiger partial charge in [-0.2, -0.15) is 0 Å². The number of aromatic nitrogens is 1. The Morgan fingerprint density at radius 3 is 2.76 bits per heavy atom. The van der Waals surface area contributed by atoms with Crippen molar-refractivity contribution in [2.75, 3.05) is 32.1 Å². The van der Waals surface area contributed by atoms with Crippen LogP contribution in [0, 0.1) is 5.92 Å². The second kappa shape index (κ2) is 8.21. The lowest BCUT2D eigenvalue weighted by molar-refractivity contribution is 0.0691. The molecule has 0 saturated carbocycles. The molecule has 0 aromatic carbocycles. The van der Waals surface area contributed by atoms with Crippen LogP contribution in [-0.4, -0.2) is 53.8 Å². The van der Waals surface area contributed by atoms with Crippen LogP contribution in [0.5, 0.6) is 0 Å². The summed E-state index contributed by atoms with van der Waals surface area (Å²) in [6.45, 7) is 5.40. The molecule has 0 radical (unpaired) electrons. The highest BCUT2D eigenvalue weighted by Gasteiger charge is 2.18. The number of carbonyl (C=O) groups is 2. The third-order valence-corrected chi connectivity index (χ3v) is 2.69. The molecule has 2 amide bonds. The van der Waals surface area contributed by atoms with Crippen molar-refractivity contribution in [3.8, 4) is 0 Å². The first kappa shape index (κ1) is 16.9. The van der Waals surface area contributed by atoms with Crippen LogP contribution in [0.25, 0.3) is 0 Å². The molecule has 7 nitrogen and oxygen atoms in total. The summed E-state index contributed by atoms with van der Waals surface area (Å²) in [5.41, 5.74) is 0.00302. The van der Waals surface area contributed by atoms with Crippen molar-refractivity contribution in [2.24, 2.45) is 5.92 Å². The first-order valence-corrected chi connectivity index (χ1v) is 6.68. The monoisotopic (exact) mass is 295 g/mol. The van der Waals surface area contributed by atoms with Gasteiger partial charge in [0.1, 0.15) is 0 Å². The number of urea groups is 1. The van der Waals surface area contributed by atoms with Gasteiger partial charge in [0.05, 0.1) is 12.3 Å². The zero-order chi connectivity index (χ0) is 15.8. The van der Waals surface area contributed by atoms with Crippen molar-refractivity contribution in [2.45, 2.75) is 13.8 Å². The number of carboxylic acids is 1.